The molecule has 1 aromatic carbocycles. The Bertz CT molecular complexity index is 637. The fourth-order valence-corrected chi connectivity index (χ4v) is 3.54. The maximum atomic E-state index is 12.1. The highest BCUT2D eigenvalue weighted by Gasteiger charge is 2.47. The summed E-state index contributed by atoms with van der Waals surface area (Å²) in [5.74, 6) is -0.815. The molecule has 1 aliphatic carbocycles. The third-order valence-corrected chi connectivity index (χ3v) is 4.34. The van der Waals surface area contributed by atoms with Crippen LogP contribution in [0, 0.1) is 5.92 Å². The Balaban J connectivity index is 2.26. The van der Waals surface area contributed by atoms with Gasteiger partial charge in [-0.25, -0.2) is 4.79 Å². The molecular formula is C16H17NO4. The van der Waals surface area contributed by atoms with Gasteiger partial charge in [0.25, 0.3) is 0 Å². The molecule has 1 N–H and O–H groups in total. The smallest absolute Gasteiger partial charge is 0.327 e. The van der Waals surface area contributed by atoms with Gasteiger partial charge in [-0.15, -0.1) is 0 Å². The van der Waals surface area contributed by atoms with Crippen molar-refractivity contribution < 1.29 is 19.4 Å². The van der Waals surface area contributed by atoms with E-state index < -0.39 is 12.0 Å². The number of anilines is 1. The number of para-hydroxylation sites is 1. The number of methoxy groups -OCH3 is 1. The molecule has 0 bridgehead atoms. The highest BCUT2D eigenvalue weighted by Crippen LogP contribution is 2.50. The number of carboxylic acid groups (broad SMARTS) is 1. The molecule has 3 unspecified atom stereocenters. The molecule has 0 saturated carbocycles. The molecule has 21 heavy (non-hydrogen) atoms. The largest absolute Gasteiger partial charge is 0.495 e. The van der Waals surface area contributed by atoms with Crippen molar-refractivity contribution in [2.45, 2.75) is 25.3 Å². The second-order valence-corrected chi connectivity index (χ2v) is 5.42. The number of carboxylic acids is 1. The van der Waals surface area contributed by atoms with E-state index in [4.69, 9.17) is 4.74 Å². The first kappa shape index (κ1) is 13.7. The molecule has 110 valence electrons. The summed E-state index contributed by atoms with van der Waals surface area (Å²) in [6.07, 6.45) is 4.70. The van der Waals surface area contributed by atoms with Crippen molar-refractivity contribution in [3.63, 3.8) is 0 Å². The second kappa shape index (κ2) is 4.91. The summed E-state index contributed by atoms with van der Waals surface area (Å²) < 4.78 is 5.36. The molecule has 0 spiro atoms. The first-order chi connectivity index (χ1) is 10.1. The number of amides is 1. The van der Waals surface area contributed by atoms with Gasteiger partial charge < -0.3 is 9.84 Å². The average molecular weight is 287 g/mol. The maximum Gasteiger partial charge on any atom is 0.327 e. The first-order valence-electron chi connectivity index (χ1n) is 6.92. The third-order valence-electron chi connectivity index (χ3n) is 4.34. The molecule has 2 aliphatic rings. The lowest BCUT2D eigenvalue weighted by atomic mass is 9.78. The van der Waals surface area contributed by atoms with Gasteiger partial charge in [0.2, 0.25) is 5.91 Å². The van der Waals surface area contributed by atoms with E-state index in [9.17, 15) is 14.7 Å². The van der Waals surface area contributed by atoms with Gasteiger partial charge in [0.1, 0.15) is 11.8 Å². The van der Waals surface area contributed by atoms with Crippen LogP contribution in [0.4, 0.5) is 5.69 Å². The van der Waals surface area contributed by atoms with E-state index in [0.29, 0.717) is 17.9 Å². The van der Waals surface area contributed by atoms with Crippen molar-refractivity contribution in [2.75, 3.05) is 12.0 Å². The summed E-state index contributed by atoms with van der Waals surface area (Å²) in [6, 6.07) is 4.72. The number of fused-ring (bicyclic) bond motifs is 3. The Hall–Kier alpha value is -2.30. The van der Waals surface area contributed by atoms with E-state index >= 15 is 0 Å². The predicted molar refractivity (Wildman–Crippen MR) is 77.6 cm³/mol. The van der Waals surface area contributed by atoms with Crippen molar-refractivity contribution in [3.8, 4) is 5.75 Å². The van der Waals surface area contributed by atoms with Crippen LogP contribution in [-0.2, 0) is 9.59 Å². The van der Waals surface area contributed by atoms with Crippen molar-refractivity contribution in [2.24, 2.45) is 5.92 Å². The number of ether oxygens (including phenoxy) is 1. The van der Waals surface area contributed by atoms with Crippen molar-refractivity contribution >= 4 is 17.6 Å². The molecule has 1 amide bonds. The summed E-state index contributed by atoms with van der Waals surface area (Å²) in [4.78, 5) is 25.3. The summed E-state index contributed by atoms with van der Waals surface area (Å²) in [5.41, 5.74) is 1.55. The number of nitrogens with zero attached hydrogens (tertiary/aromatic N) is 1. The lowest BCUT2D eigenvalue weighted by molar-refractivity contribution is -0.141. The van der Waals surface area contributed by atoms with E-state index in [0.717, 1.165) is 5.56 Å². The van der Waals surface area contributed by atoms with E-state index in [1.54, 1.807) is 6.07 Å². The lowest BCUT2D eigenvalue weighted by Crippen LogP contribution is -2.52. The highest BCUT2D eigenvalue weighted by molar-refractivity contribution is 6.01. The van der Waals surface area contributed by atoms with Gasteiger partial charge in [-0.1, -0.05) is 24.3 Å². The number of hydrogen-bond acceptors (Lipinski definition) is 3. The van der Waals surface area contributed by atoms with Gasteiger partial charge in [0.15, 0.2) is 0 Å². The highest BCUT2D eigenvalue weighted by atomic mass is 16.5. The molecule has 1 aromatic rings. The molecule has 3 rings (SSSR count). The standard InChI is InChI=1S/C16H17NO4/c1-9(18)17-14-11(7-4-8-13(14)21-2)10-5-3-6-12(10)15(17)16(19)20/h3-5,7-8,10,12,15H,6H2,1-2H3,(H,19,20). The van der Waals surface area contributed by atoms with Crippen LogP contribution in [0.5, 0.6) is 5.75 Å². The third kappa shape index (κ3) is 1.92. The molecule has 5 heteroatoms. The maximum absolute atomic E-state index is 12.1. The minimum absolute atomic E-state index is 0.0202. The summed E-state index contributed by atoms with van der Waals surface area (Å²) in [7, 11) is 1.53. The van der Waals surface area contributed by atoms with Crippen LogP contribution in [0.25, 0.3) is 0 Å². The number of carbonyl (C=O) groups excluding carboxylic acids is 1. The monoisotopic (exact) mass is 287 g/mol. The Labute approximate surface area is 122 Å². The Morgan fingerprint density at radius 1 is 1.38 bits per heavy atom. The average Bonchev–Trinajstić information content (AvgIpc) is 2.93. The van der Waals surface area contributed by atoms with Gasteiger partial charge in [-0.3, -0.25) is 9.69 Å². The second-order valence-electron chi connectivity index (χ2n) is 5.42. The first-order valence-corrected chi connectivity index (χ1v) is 6.92. The van der Waals surface area contributed by atoms with Gasteiger partial charge in [-0.2, -0.15) is 0 Å². The van der Waals surface area contributed by atoms with Crippen molar-refractivity contribution in [1.29, 1.82) is 0 Å². The van der Waals surface area contributed by atoms with Gasteiger partial charge in [-0.05, 0) is 18.1 Å². The van der Waals surface area contributed by atoms with Gasteiger partial charge in [0, 0.05) is 18.8 Å². The molecule has 1 aliphatic heterocycles. The van der Waals surface area contributed by atoms with Crippen molar-refractivity contribution in [3.05, 3.63) is 35.9 Å². The van der Waals surface area contributed by atoms with Gasteiger partial charge >= 0.3 is 5.97 Å². The van der Waals surface area contributed by atoms with E-state index in [-0.39, 0.29) is 17.7 Å². The van der Waals surface area contributed by atoms with Crippen LogP contribution in [-0.4, -0.2) is 30.1 Å². The van der Waals surface area contributed by atoms with Crippen LogP contribution in [0.2, 0.25) is 0 Å². The van der Waals surface area contributed by atoms with E-state index in [1.807, 2.05) is 24.3 Å². The Morgan fingerprint density at radius 3 is 2.76 bits per heavy atom. The zero-order valence-electron chi connectivity index (χ0n) is 11.9. The minimum atomic E-state index is -0.972. The molecule has 0 saturated heterocycles. The number of carbonyl (C=O) groups is 2. The Kier molecular flexibility index (Phi) is 3.20. The zero-order valence-corrected chi connectivity index (χ0v) is 11.9. The summed E-state index contributed by atoms with van der Waals surface area (Å²) in [5, 5.41) is 9.63. The van der Waals surface area contributed by atoms with Crippen LogP contribution >= 0.6 is 0 Å². The number of allylic oxidation sites excluding steroid dienone is 2. The topological polar surface area (TPSA) is 66.8 Å². The molecular weight excluding hydrogens is 270 g/mol. The van der Waals surface area contributed by atoms with E-state index in [2.05, 4.69) is 0 Å². The predicted octanol–water partition coefficient (Wildman–Crippen LogP) is 2.17. The summed E-state index contributed by atoms with van der Waals surface area (Å²) in [6.45, 7) is 1.40. The normalized spacial score (nSPS) is 26.2. The van der Waals surface area contributed by atoms with Crippen LogP contribution in [0.3, 0.4) is 0 Å². The van der Waals surface area contributed by atoms with Gasteiger partial charge in [0.05, 0.1) is 12.8 Å². The molecule has 0 fully saturated rings. The van der Waals surface area contributed by atoms with E-state index in [1.165, 1.54) is 18.9 Å². The number of aliphatic carboxylic acids is 1. The molecule has 0 radical (unpaired) electrons. The van der Waals surface area contributed by atoms with Crippen molar-refractivity contribution in [1.82, 2.24) is 0 Å². The summed E-state index contributed by atoms with van der Waals surface area (Å²) >= 11 is 0. The quantitative estimate of drug-likeness (QED) is 0.847. The fraction of sp³-hybridized carbons (Fsp3) is 0.375. The van der Waals surface area contributed by atoms with Crippen LogP contribution in [0.1, 0.15) is 24.8 Å². The van der Waals surface area contributed by atoms with Crippen LogP contribution in [0.15, 0.2) is 30.4 Å². The fourth-order valence-electron chi connectivity index (χ4n) is 3.54. The zero-order chi connectivity index (χ0) is 15.1. The molecule has 5 nitrogen and oxygen atoms in total. The number of benzene rings is 1. The molecule has 3 atom stereocenters. The SMILES string of the molecule is COc1cccc2c1N(C(C)=O)C(C(=O)O)C1CC=CC21. The number of hydrogen-bond donors (Lipinski definition) is 1. The Morgan fingerprint density at radius 2 is 2.14 bits per heavy atom. The lowest BCUT2D eigenvalue weighted by Gasteiger charge is -2.42. The number of rotatable bonds is 2. The molecule has 0 aromatic heterocycles. The minimum Gasteiger partial charge on any atom is -0.495 e. The molecule has 1 heterocycles. The van der Waals surface area contributed by atoms with Crippen LogP contribution < -0.4 is 9.64 Å².